The third kappa shape index (κ3) is 3.23. The number of hydrogen-bond acceptors (Lipinski definition) is 3. The van der Waals surface area contributed by atoms with Crippen molar-refractivity contribution in [1.82, 2.24) is 10.3 Å². The fraction of sp³-hybridized carbons (Fsp3) is 0.100. The van der Waals surface area contributed by atoms with Gasteiger partial charge in [0, 0.05) is 6.54 Å². The van der Waals surface area contributed by atoms with Gasteiger partial charge in [0.15, 0.2) is 5.13 Å². The Balaban J connectivity index is 1.49. The third-order valence-electron chi connectivity index (χ3n) is 4.24. The lowest BCUT2D eigenvalue weighted by molar-refractivity contribution is 0.252. The maximum absolute atomic E-state index is 12.3. The highest BCUT2D eigenvalue weighted by Gasteiger charge is 2.12. The summed E-state index contributed by atoms with van der Waals surface area (Å²) in [6.45, 7) is 2.42. The Morgan fingerprint density at radius 1 is 1.12 bits per heavy atom. The average molecular weight is 382 g/mol. The second-order valence-corrected chi connectivity index (χ2v) is 7.41. The molecule has 4 rings (SSSR count). The summed E-state index contributed by atoms with van der Waals surface area (Å²) < 4.78 is 0.885. The van der Waals surface area contributed by atoms with Gasteiger partial charge in [-0.15, -0.1) is 0 Å². The van der Waals surface area contributed by atoms with E-state index in [1.165, 1.54) is 11.3 Å². The van der Waals surface area contributed by atoms with E-state index >= 15 is 0 Å². The second-order valence-electron chi connectivity index (χ2n) is 6.01. The first-order valence-corrected chi connectivity index (χ1v) is 9.38. The predicted octanol–water partition coefficient (Wildman–Crippen LogP) is 5.73. The van der Waals surface area contributed by atoms with Crippen LogP contribution in [0.5, 0.6) is 0 Å². The molecule has 0 unspecified atom stereocenters. The lowest BCUT2D eigenvalue weighted by atomic mass is 10.0. The summed E-state index contributed by atoms with van der Waals surface area (Å²) in [6.07, 6.45) is 0. The van der Waals surface area contributed by atoms with Gasteiger partial charge < -0.3 is 5.32 Å². The SMILES string of the molecule is Cc1ccc(Cl)c2sc(NC(=O)NCc3cccc4ccccc34)nc12. The number of hydrogen-bond donors (Lipinski definition) is 2. The first kappa shape index (κ1) is 16.8. The highest BCUT2D eigenvalue weighted by molar-refractivity contribution is 7.23. The summed E-state index contributed by atoms with van der Waals surface area (Å²) in [4.78, 5) is 16.8. The molecule has 0 aliphatic heterocycles. The zero-order chi connectivity index (χ0) is 18.1. The van der Waals surface area contributed by atoms with Crippen molar-refractivity contribution in [3.8, 4) is 0 Å². The number of carbonyl (C=O) groups is 1. The summed E-state index contributed by atoms with van der Waals surface area (Å²) in [7, 11) is 0. The molecular weight excluding hydrogens is 366 g/mol. The van der Waals surface area contributed by atoms with Crippen molar-refractivity contribution in [2.45, 2.75) is 13.5 Å². The molecule has 130 valence electrons. The minimum Gasteiger partial charge on any atom is -0.334 e. The molecule has 2 N–H and O–H groups in total. The van der Waals surface area contributed by atoms with E-state index in [4.69, 9.17) is 11.6 Å². The molecule has 2 amide bonds. The summed E-state index contributed by atoms with van der Waals surface area (Å²) >= 11 is 7.59. The first-order valence-electron chi connectivity index (χ1n) is 8.19. The largest absolute Gasteiger partial charge is 0.334 e. The van der Waals surface area contributed by atoms with Crippen molar-refractivity contribution in [1.29, 1.82) is 0 Å². The monoisotopic (exact) mass is 381 g/mol. The van der Waals surface area contributed by atoms with Crippen LogP contribution in [0.3, 0.4) is 0 Å². The number of carbonyl (C=O) groups excluding carboxylic acids is 1. The number of urea groups is 1. The van der Waals surface area contributed by atoms with Crippen molar-refractivity contribution in [2.75, 3.05) is 5.32 Å². The molecule has 0 saturated heterocycles. The van der Waals surface area contributed by atoms with Gasteiger partial charge in [0.2, 0.25) is 0 Å². The highest BCUT2D eigenvalue weighted by atomic mass is 35.5. The van der Waals surface area contributed by atoms with Crippen LogP contribution in [-0.2, 0) is 6.54 Å². The molecule has 0 spiro atoms. The van der Waals surface area contributed by atoms with E-state index in [2.05, 4.69) is 33.8 Å². The highest BCUT2D eigenvalue weighted by Crippen LogP contribution is 2.33. The molecule has 4 nitrogen and oxygen atoms in total. The van der Waals surface area contributed by atoms with E-state index in [1.54, 1.807) is 0 Å². The topological polar surface area (TPSA) is 54.0 Å². The zero-order valence-corrected chi connectivity index (χ0v) is 15.6. The van der Waals surface area contributed by atoms with Gasteiger partial charge in [-0.3, -0.25) is 5.32 Å². The van der Waals surface area contributed by atoms with Crippen LogP contribution in [0.25, 0.3) is 21.0 Å². The Labute approximate surface area is 159 Å². The van der Waals surface area contributed by atoms with Crippen LogP contribution in [0.4, 0.5) is 9.93 Å². The second kappa shape index (κ2) is 6.94. The van der Waals surface area contributed by atoms with Crippen LogP contribution in [0.1, 0.15) is 11.1 Å². The molecule has 26 heavy (non-hydrogen) atoms. The Kier molecular flexibility index (Phi) is 4.49. The van der Waals surface area contributed by atoms with Gasteiger partial charge in [-0.2, -0.15) is 0 Å². The number of aryl methyl sites for hydroxylation is 1. The molecule has 4 aromatic rings. The van der Waals surface area contributed by atoms with Crippen molar-refractivity contribution >= 4 is 55.1 Å². The van der Waals surface area contributed by atoms with E-state index in [1.807, 2.05) is 43.3 Å². The first-order chi connectivity index (χ1) is 12.6. The van der Waals surface area contributed by atoms with E-state index in [-0.39, 0.29) is 6.03 Å². The van der Waals surface area contributed by atoms with Crippen molar-refractivity contribution in [3.63, 3.8) is 0 Å². The van der Waals surface area contributed by atoms with Gasteiger partial charge in [0.1, 0.15) is 0 Å². The van der Waals surface area contributed by atoms with Crippen molar-refractivity contribution in [2.24, 2.45) is 0 Å². The molecule has 1 heterocycles. The minimum absolute atomic E-state index is 0.286. The van der Waals surface area contributed by atoms with E-state index in [0.29, 0.717) is 16.7 Å². The maximum atomic E-state index is 12.3. The molecule has 6 heteroatoms. The third-order valence-corrected chi connectivity index (χ3v) is 5.67. The zero-order valence-electron chi connectivity index (χ0n) is 14.0. The molecule has 3 aromatic carbocycles. The number of fused-ring (bicyclic) bond motifs is 2. The van der Waals surface area contributed by atoms with Crippen molar-refractivity contribution < 1.29 is 4.79 Å². The van der Waals surface area contributed by atoms with Gasteiger partial charge in [-0.05, 0) is 34.9 Å². The molecule has 0 radical (unpaired) electrons. The van der Waals surface area contributed by atoms with Crippen LogP contribution in [0.15, 0.2) is 54.6 Å². The molecule has 0 fully saturated rings. The lowest BCUT2D eigenvalue weighted by Gasteiger charge is -2.08. The number of aromatic nitrogens is 1. The van der Waals surface area contributed by atoms with Crippen LogP contribution < -0.4 is 10.6 Å². The number of benzene rings is 3. The number of nitrogens with zero attached hydrogens (tertiary/aromatic N) is 1. The number of amides is 2. The minimum atomic E-state index is -0.286. The number of rotatable bonds is 3. The van der Waals surface area contributed by atoms with E-state index < -0.39 is 0 Å². The van der Waals surface area contributed by atoms with Crippen LogP contribution >= 0.6 is 22.9 Å². The molecule has 0 aliphatic rings. The smallest absolute Gasteiger partial charge is 0.321 e. The van der Waals surface area contributed by atoms with Gasteiger partial charge in [0.05, 0.1) is 15.2 Å². The molecule has 0 saturated carbocycles. The fourth-order valence-electron chi connectivity index (χ4n) is 2.92. The molecular formula is C20H16ClN3OS. The number of nitrogens with one attached hydrogen (secondary N) is 2. The number of thiazole rings is 1. The summed E-state index contributed by atoms with van der Waals surface area (Å²) in [5.41, 5.74) is 2.93. The van der Waals surface area contributed by atoms with Crippen LogP contribution in [0.2, 0.25) is 5.02 Å². The number of halogens is 1. The molecule has 0 bridgehead atoms. The Morgan fingerprint density at radius 3 is 2.77 bits per heavy atom. The number of anilines is 1. The van der Waals surface area contributed by atoms with Crippen molar-refractivity contribution in [3.05, 3.63) is 70.7 Å². The van der Waals surface area contributed by atoms with Crippen LogP contribution in [-0.4, -0.2) is 11.0 Å². The molecule has 0 atom stereocenters. The maximum Gasteiger partial charge on any atom is 0.321 e. The van der Waals surface area contributed by atoms with Gasteiger partial charge in [-0.1, -0.05) is 71.5 Å². The van der Waals surface area contributed by atoms with E-state index in [0.717, 1.165) is 32.1 Å². The summed E-state index contributed by atoms with van der Waals surface area (Å²) in [5, 5.41) is 9.17. The standard InChI is InChI=1S/C20H16ClN3OS/c1-12-9-10-16(21)18-17(12)23-20(26-18)24-19(25)22-11-14-7-4-6-13-5-2-3-8-15(13)14/h2-10H,11H2,1H3,(H2,22,23,24,25). The fourth-order valence-corrected chi connectivity index (χ4v) is 4.13. The average Bonchev–Trinajstić information content (AvgIpc) is 3.08. The molecule has 1 aromatic heterocycles. The van der Waals surface area contributed by atoms with Gasteiger partial charge in [0.25, 0.3) is 0 Å². The van der Waals surface area contributed by atoms with Gasteiger partial charge >= 0.3 is 6.03 Å². The predicted molar refractivity (Wildman–Crippen MR) is 109 cm³/mol. The Hall–Kier alpha value is -2.63. The van der Waals surface area contributed by atoms with Crippen LogP contribution in [0, 0.1) is 6.92 Å². The summed E-state index contributed by atoms with van der Waals surface area (Å²) in [5.74, 6) is 0. The van der Waals surface area contributed by atoms with Gasteiger partial charge in [-0.25, -0.2) is 9.78 Å². The van der Waals surface area contributed by atoms with E-state index in [9.17, 15) is 4.79 Å². The Morgan fingerprint density at radius 2 is 1.92 bits per heavy atom. The summed E-state index contributed by atoms with van der Waals surface area (Å²) in [6, 6.07) is 17.7. The lowest BCUT2D eigenvalue weighted by Crippen LogP contribution is -2.28. The molecule has 0 aliphatic carbocycles. The Bertz CT molecular complexity index is 1080. The normalized spacial score (nSPS) is 11.0. The quantitative estimate of drug-likeness (QED) is 0.476.